The van der Waals surface area contributed by atoms with Gasteiger partial charge in [0.2, 0.25) is 0 Å². The number of carbonyl (C=O) groups excluding carboxylic acids is 2. The van der Waals surface area contributed by atoms with E-state index in [1.165, 1.54) is 16.8 Å². The molecule has 5 nitrogen and oxygen atoms in total. The van der Waals surface area contributed by atoms with Gasteiger partial charge in [0.25, 0.3) is 0 Å². The second-order valence-corrected chi connectivity index (χ2v) is 8.95. The van der Waals surface area contributed by atoms with Crippen molar-refractivity contribution in [2.45, 2.75) is 19.5 Å². The Balaban J connectivity index is 1.18. The smallest absolute Gasteiger partial charge is 0.197 e. The molecule has 0 saturated heterocycles. The number of carbonyl (C=O) groups is 2. The third kappa shape index (κ3) is 2.67. The average molecular weight is 441 g/mol. The van der Waals surface area contributed by atoms with E-state index in [0.29, 0.717) is 17.5 Å². The molecule has 0 radical (unpaired) electrons. The van der Waals surface area contributed by atoms with Gasteiger partial charge in [0.1, 0.15) is 0 Å². The van der Waals surface area contributed by atoms with E-state index in [1.54, 1.807) is 30.3 Å². The summed E-state index contributed by atoms with van der Waals surface area (Å²) in [4.78, 5) is 37.2. The zero-order valence-corrected chi connectivity index (χ0v) is 18.3. The summed E-state index contributed by atoms with van der Waals surface area (Å²) >= 11 is 0. The number of hydrogen-bond acceptors (Lipinski definition) is 5. The fraction of sp³-hybridized carbons (Fsp3) is 0.103. The molecule has 0 saturated carbocycles. The zero-order chi connectivity index (χ0) is 22.8. The van der Waals surface area contributed by atoms with Crippen molar-refractivity contribution in [1.29, 1.82) is 0 Å². The fourth-order valence-corrected chi connectivity index (χ4v) is 5.44. The van der Waals surface area contributed by atoms with Gasteiger partial charge in [-0.05, 0) is 41.0 Å². The Kier molecular flexibility index (Phi) is 3.97. The number of hydrogen-bond donors (Lipinski definition) is 0. The van der Waals surface area contributed by atoms with Crippen molar-refractivity contribution in [3.8, 4) is 0 Å². The maximum absolute atomic E-state index is 12.8. The minimum atomic E-state index is -0.179. The summed E-state index contributed by atoms with van der Waals surface area (Å²) in [5, 5.41) is 2.31. The lowest BCUT2D eigenvalue weighted by atomic mass is 9.99. The van der Waals surface area contributed by atoms with Crippen LogP contribution in [0.1, 0.15) is 38.3 Å². The van der Waals surface area contributed by atoms with Crippen LogP contribution in [0.15, 0.2) is 96.0 Å². The number of nitrogens with zero attached hydrogens (tertiary/aromatic N) is 3. The third-order valence-corrected chi connectivity index (χ3v) is 7.07. The van der Waals surface area contributed by atoms with Crippen molar-refractivity contribution < 1.29 is 9.59 Å². The Morgan fingerprint density at radius 2 is 1.32 bits per heavy atom. The van der Waals surface area contributed by atoms with E-state index in [0.717, 1.165) is 40.5 Å². The first-order valence-corrected chi connectivity index (χ1v) is 11.4. The van der Waals surface area contributed by atoms with Crippen LogP contribution in [0.3, 0.4) is 0 Å². The topological polar surface area (TPSA) is 63.2 Å². The number of benzene rings is 2. The standard InChI is InChI=1S/C29H19N3O2/c33-28-21-5-1-2-6-22(21)29(34)23(28)14-17-9-10-18(13-17)32-15-24-19-7-3-11-30-26(19)27-20(25(24)16-32)8-4-12-31-27/h1-12,14H,13,15-16H2. The maximum atomic E-state index is 12.8. The van der Waals surface area contributed by atoms with Crippen LogP contribution in [0, 0.1) is 0 Å². The summed E-state index contributed by atoms with van der Waals surface area (Å²) < 4.78 is 0. The molecular formula is C29H19N3O2. The molecule has 3 heterocycles. The lowest BCUT2D eigenvalue weighted by molar-refractivity contribution is 0.0988. The number of rotatable bonds is 2. The van der Waals surface area contributed by atoms with E-state index in [-0.39, 0.29) is 17.1 Å². The van der Waals surface area contributed by atoms with Gasteiger partial charge in [-0.1, -0.05) is 42.5 Å². The number of ketones is 2. The molecule has 0 fully saturated rings. The number of Topliss-reactive ketones (excluding diaryl/α,β-unsaturated/α-hetero) is 2. The summed E-state index contributed by atoms with van der Waals surface area (Å²) in [6, 6.07) is 15.3. The van der Waals surface area contributed by atoms with Gasteiger partial charge in [-0.25, -0.2) is 0 Å². The minimum Gasteiger partial charge on any atom is -0.366 e. The second-order valence-electron chi connectivity index (χ2n) is 8.95. The molecule has 4 aromatic rings. The van der Waals surface area contributed by atoms with Gasteiger partial charge in [0, 0.05) is 59.5 Å². The van der Waals surface area contributed by atoms with Crippen molar-refractivity contribution in [1.82, 2.24) is 14.9 Å². The van der Waals surface area contributed by atoms with Gasteiger partial charge in [-0.15, -0.1) is 0 Å². The Hall–Kier alpha value is -4.38. The van der Waals surface area contributed by atoms with Crippen LogP contribution in [0.2, 0.25) is 0 Å². The summed E-state index contributed by atoms with van der Waals surface area (Å²) in [5.74, 6) is -0.358. The van der Waals surface area contributed by atoms with Crippen LogP contribution in [0.5, 0.6) is 0 Å². The Bertz CT molecular complexity index is 1570. The molecule has 162 valence electrons. The Morgan fingerprint density at radius 1 is 0.735 bits per heavy atom. The van der Waals surface area contributed by atoms with E-state index in [1.807, 2.05) is 30.6 Å². The molecule has 0 unspecified atom stereocenters. The first-order valence-electron chi connectivity index (χ1n) is 11.4. The first-order chi connectivity index (χ1) is 16.7. The van der Waals surface area contributed by atoms with E-state index in [4.69, 9.17) is 0 Å². The third-order valence-electron chi connectivity index (χ3n) is 7.07. The summed E-state index contributed by atoms with van der Waals surface area (Å²) in [7, 11) is 0. The van der Waals surface area contributed by atoms with Crippen molar-refractivity contribution in [2.75, 3.05) is 0 Å². The molecule has 34 heavy (non-hydrogen) atoms. The maximum Gasteiger partial charge on any atom is 0.197 e. The molecule has 3 aliphatic rings. The molecule has 0 N–H and O–H groups in total. The summed E-state index contributed by atoms with van der Waals surface area (Å²) in [6.07, 6.45) is 10.2. The molecule has 0 amide bonds. The first kappa shape index (κ1) is 19.1. The van der Waals surface area contributed by atoms with E-state index >= 15 is 0 Å². The van der Waals surface area contributed by atoms with Gasteiger partial charge in [0.05, 0.1) is 16.6 Å². The van der Waals surface area contributed by atoms with E-state index < -0.39 is 0 Å². The molecule has 0 spiro atoms. The largest absolute Gasteiger partial charge is 0.366 e. The average Bonchev–Trinajstić information content (AvgIpc) is 3.59. The molecule has 5 heteroatoms. The van der Waals surface area contributed by atoms with Crippen LogP contribution in [-0.2, 0) is 13.1 Å². The van der Waals surface area contributed by atoms with Crippen LogP contribution >= 0.6 is 0 Å². The Labute approximate surface area is 195 Å². The number of aromatic nitrogens is 2. The van der Waals surface area contributed by atoms with Gasteiger partial charge < -0.3 is 4.90 Å². The quantitative estimate of drug-likeness (QED) is 0.239. The molecule has 7 rings (SSSR count). The molecule has 0 atom stereocenters. The number of allylic oxidation sites excluding steroid dienone is 5. The lowest BCUT2D eigenvalue weighted by Gasteiger charge is -2.19. The monoisotopic (exact) mass is 441 g/mol. The SMILES string of the molecule is O=C1C(=CC2=CC=C(N3Cc4c(c5cccnc5c5ncccc45)C3)C2)C(=O)c2ccccc21. The number of pyridine rings is 2. The second kappa shape index (κ2) is 7.06. The highest BCUT2D eigenvalue weighted by Gasteiger charge is 2.33. The van der Waals surface area contributed by atoms with Crippen molar-refractivity contribution >= 4 is 33.4 Å². The molecule has 0 bridgehead atoms. The summed E-state index contributed by atoms with van der Waals surface area (Å²) in [5.41, 5.74) is 7.92. The zero-order valence-electron chi connectivity index (χ0n) is 18.3. The molecule has 2 aromatic carbocycles. The predicted octanol–water partition coefficient (Wildman–Crippen LogP) is 5.32. The fourth-order valence-electron chi connectivity index (χ4n) is 5.44. The van der Waals surface area contributed by atoms with Crippen LogP contribution in [0.25, 0.3) is 21.8 Å². The predicted molar refractivity (Wildman–Crippen MR) is 130 cm³/mol. The molecule has 2 aliphatic carbocycles. The highest BCUT2D eigenvalue weighted by Crippen LogP contribution is 2.39. The van der Waals surface area contributed by atoms with Crippen LogP contribution in [0.4, 0.5) is 0 Å². The lowest BCUT2D eigenvalue weighted by Crippen LogP contribution is -2.14. The van der Waals surface area contributed by atoms with Crippen molar-refractivity contribution in [2.24, 2.45) is 0 Å². The van der Waals surface area contributed by atoms with Crippen molar-refractivity contribution in [3.05, 3.63) is 118 Å². The van der Waals surface area contributed by atoms with E-state index in [2.05, 4.69) is 33.1 Å². The molecular weight excluding hydrogens is 422 g/mol. The molecule has 1 aliphatic heterocycles. The highest BCUT2D eigenvalue weighted by molar-refractivity contribution is 6.39. The highest BCUT2D eigenvalue weighted by atomic mass is 16.2. The normalized spacial score (nSPS) is 16.8. The van der Waals surface area contributed by atoms with Gasteiger partial charge >= 0.3 is 0 Å². The van der Waals surface area contributed by atoms with Gasteiger partial charge in [0.15, 0.2) is 11.6 Å². The van der Waals surface area contributed by atoms with E-state index in [9.17, 15) is 9.59 Å². The minimum absolute atomic E-state index is 0.179. The van der Waals surface area contributed by atoms with Gasteiger partial charge in [-0.3, -0.25) is 19.6 Å². The van der Waals surface area contributed by atoms with Crippen LogP contribution in [-0.4, -0.2) is 26.4 Å². The van der Waals surface area contributed by atoms with Crippen molar-refractivity contribution in [3.63, 3.8) is 0 Å². The van der Waals surface area contributed by atoms with Gasteiger partial charge in [-0.2, -0.15) is 0 Å². The number of fused-ring (bicyclic) bond motifs is 7. The molecule has 2 aromatic heterocycles. The summed E-state index contributed by atoms with van der Waals surface area (Å²) in [6.45, 7) is 1.60. The Morgan fingerprint density at radius 3 is 1.91 bits per heavy atom. The van der Waals surface area contributed by atoms with Crippen LogP contribution < -0.4 is 0 Å².